The summed E-state index contributed by atoms with van der Waals surface area (Å²) in [7, 11) is 0. The van der Waals surface area contributed by atoms with Gasteiger partial charge in [0.1, 0.15) is 16.7 Å². The fourth-order valence-electron chi connectivity index (χ4n) is 3.85. The number of unbranched alkanes of at least 4 members (excludes halogenated alkanes) is 1. The van der Waals surface area contributed by atoms with Gasteiger partial charge in [-0.1, -0.05) is 37.1 Å². The van der Waals surface area contributed by atoms with Crippen LogP contribution < -0.4 is 5.56 Å². The Hall–Kier alpha value is -3.25. The van der Waals surface area contributed by atoms with E-state index in [-0.39, 0.29) is 5.56 Å². The number of halogens is 1. The van der Waals surface area contributed by atoms with Crippen LogP contribution in [-0.2, 0) is 6.54 Å². The number of rotatable bonds is 4. The van der Waals surface area contributed by atoms with E-state index >= 15 is 0 Å². The maximum atomic E-state index is 13.5. The van der Waals surface area contributed by atoms with Crippen molar-refractivity contribution in [2.24, 2.45) is 0 Å². The monoisotopic (exact) mass is 417 g/mol. The van der Waals surface area contributed by atoms with Crippen molar-refractivity contribution < 1.29 is 0 Å². The van der Waals surface area contributed by atoms with Gasteiger partial charge in [0.2, 0.25) is 0 Å². The first-order valence-corrected chi connectivity index (χ1v) is 10.4. The van der Waals surface area contributed by atoms with E-state index in [2.05, 4.69) is 6.92 Å². The minimum absolute atomic E-state index is 0.0757. The van der Waals surface area contributed by atoms with Gasteiger partial charge in [0.05, 0.1) is 11.0 Å². The van der Waals surface area contributed by atoms with Crippen LogP contribution in [0.1, 0.15) is 25.6 Å². The molecule has 0 aliphatic rings. The second kappa shape index (κ2) is 7.22. The highest BCUT2D eigenvalue weighted by Gasteiger charge is 2.22. The Morgan fingerprint density at radius 3 is 2.33 bits per heavy atom. The molecule has 0 atom stereocenters. The minimum atomic E-state index is -0.0757. The summed E-state index contributed by atoms with van der Waals surface area (Å²) in [4.78, 5) is 28.0. The second-order valence-corrected chi connectivity index (χ2v) is 7.80. The number of fused-ring (bicyclic) bond motifs is 4. The van der Waals surface area contributed by atoms with Crippen molar-refractivity contribution >= 4 is 44.8 Å². The molecule has 0 N–H and O–H groups in total. The van der Waals surface area contributed by atoms with E-state index in [9.17, 15) is 4.79 Å². The molecule has 6 nitrogen and oxygen atoms in total. The van der Waals surface area contributed by atoms with Gasteiger partial charge in [-0.05, 0) is 49.7 Å². The molecule has 0 aliphatic heterocycles. The van der Waals surface area contributed by atoms with Crippen molar-refractivity contribution in [1.29, 1.82) is 0 Å². The van der Waals surface area contributed by atoms with Gasteiger partial charge < -0.3 is 0 Å². The SMILES string of the molecule is CCCCn1c(C)nc2c(c1=O)c1nc3ccccc3nc1n2-c1ccc(Cl)cc1. The van der Waals surface area contributed by atoms with Crippen LogP contribution in [0.15, 0.2) is 53.3 Å². The number of aromatic nitrogens is 5. The summed E-state index contributed by atoms with van der Waals surface area (Å²) in [6.07, 6.45) is 1.92. The summed E-state index contributed by atoms with van der Waals surface area (Å²) < 4.78 is 3.65. The number of nitrogens with zero attached hydrogens (tertiary/aromatic N) is 5. The third-order valence-electron chi connectivity index (χ3n) is 5.37. The third kappa shape index (κ3) is 2.87. The Bertz CT molecular complexity index is 1470. The highest BCUT2D eigenvalue weighted by atomic mass is 35.5. The first-order valence-electron chi connectivity index (χ1n) is 10.0. The summed E-state index contributed by atoms with van der Waals surface area (Å²) in [5.41, 5.74) is 4.03. The zero-order valence-electron chi connectivity index (χ0n) is 16.8. The standard InChI is InChI=1S/C23H20ClN5O/c1-3-4-13-28-14(2)25-21-19(23(28)30)20-22(27-18-8-6-5-7-17(18)26-20)29(21)16-11-9-15(24)10-12-16/h5-12H,3-4,13H2,1-2H3. The molecule has 0 bridgehead atoms. The molecule has 3 heterocycles. The van der Waals surface area contributed by atoms with Crippen molar-refractivity contribution in [2.45, 2.75) is 33.2 Å². The zero-order chi connectivity index (χ0) is 20.8. The highest BCUT2D eigenvalue weighted by Crippen LogP contribution is 2.29. The predicted molar refractivity (Wildman–Crippen MR) is 121 cm³/mol. The molecule has 150 valence electrons. The number of hydrogen-bond donors (Lipinski definition) is 0. The van der Waals surface area contributed by atoms with Gasteiger partial charge in [-0.15, -0.1) is 0 Å². The van der Waals surface area contributed by atoms with Crippen molar-refractivity contribution in [1.82, 2.24) is 24.1 Å². The Morgan fingerprint density at radius 2 is 1.63 bits per heavy atom. The van der Waals surface area contributed by atoms with Crippen LogP contribution in [0.25, 0.3) is 38.9 Å². The first-order chi connectivity index (χ1) is 14.6. The molecule has 0 radical (unpaired) electrons. The molecule has 0 saturated carbocycles. The van der Waals surface area contributed by atoms with Gasteiger partial charge >= 0.3 is 0 Å². The van der Waals surface area contributed by atoms with E-state index in [0.717, 1.165) is 29.6 Å². The van der Waals surface area contributed by atoms with E-state index < -0.39 is 0 Å². The molecule has 2 aromatic carbocycles. The lowest BCUT2D eigenvalue weighted by atomic mass is 10.2. The van der Waals surface area contributed by atoms with Crippen LogP contribution in [0.5, 0.6) is 0 Å². The average Bonchev–Trinajstić information content (AvgIpc) is 3.05. The van der Waals surface area contributed by atoms with Gasteiger partial charge in [-0.2, -0.15) is 0 Å². The van der Waals surface area contributed by atoms with Crippen molar-refractivity contribution in [3.8, 4) is 5.69 Å². The molecule has 7 heteroatoms. The topological polar surface area (TPSA) is 65.6 Å². The Kier molecular flexibility index (Phi) is 4.51. The maximum Gasteiger partial charge on any atom is 0.265 e. The second-order valence-electron chi connectivity index (χ2n) is 7.36. The van der Waals surface area contributed by atoms with Gasteiger partial charge in [-0.3, -0.25) is 13.9 Å². The molecule has 30 heavy (non-hydrogen) atoms. The molecule has 0 fully saturated rings. The van der Waals surface area contributed by atoms with E-state index in [1.807, 2.05) is 60.0 Å². The predicted octanol–water partition coefficient (Wildman–Crippen LogP) is 5.05. The summed E-state index contributed by atoms with van der Waals surface area (Å²) in [6, 6.07) is 15.1. The summed E-state index contributed by atoms with van der Waals surface area (Å²) in [6.45, 7) is 4.62. The van der Waals surface area contributed by atoms with Crippen LogP contribution in [0, 0.1) is 6.92 Å². The van der Waals surface area contributed by atoms with Crippen LogP contribution in [0.3, 0.4) is 0 Å². The lowest BCUT2D eigenvalue weighted by Crippen LogP contribution is -2.24. The summed E-state index contributed by atoms with van der Waals surface area (Å²) >= 11 is 6.10. The molecule has 0 unspecified atom stereocenters. The number of hydrogen-bond acceptors (Lipinski definition) is 4. The largest absolute Gasteiger partial charge is 0.296 e. The Labute approximate surface area is 177 Å². The van der Waals surface area contributed by atoms with E-state index in [4.69, 9.17) is 26.6 Å². The number of benzene rings is 2. The van der Waals surface area contributed by atoms with Gasteiger partial charge in [0.15, 0.2) is 11.3 Å². The molecule has 0 spiro atoms. The molecule has 5 aromatic rings. The highest BCUT2D eigenvalue weighted by molar-refractivity contribution is 6.30. The van der Waals surface area contributed by atoms with E-state index in [1.165, 1.54) is 0 Å². The number of para-hydroxylation sites is 2. The first kappa shape index (κ1) is 18.8. The van der Waals surface area contributed by atoms with E-state index in [0.29, 0.717) is 39.6 Å². The van der Waals surface area contributed by atoms with Gasteiger partial charge in [0.25, 0.3) is 5.56 Å². The summed E-state index contributed by atoms with van der Waals surface area (Å²) in [5, 5.41) is 1.14. The minimum Gasteiger partial charge on any atom is -0.296 e. The number of aryl methyl sites for hydroxylation is 1. The molecular formula is C23H20ClN5O. The molecule has 3 aromatic heterocycles. The molecule has 0 saturated heterocycles. The fraction of sp³-hybridized carbons (Fsp3) is 0.217. The Balaban J connectivity index is 1.96. The molecule has 5 rings (SSSR count). The van der Waals surface area contributed by atoms with Crippen LogP contribution in [0.2, 0.25) is 5.02 Å². The van der Waals surface area contributed by atoms with Crippen molar-refractivity contribution in [3.05, 3.63) is 69.7 Å². The van der Waals surface area contributed by atoms with Crippen LogP contribution >= 0.6 is 11.6 Å². The van der Waals surface area contributed by atoms with Crippen LogP contribution in [-0.4, -0.2) is 24.1 Å². The van der Waals surface area contributed by atoms with Crippen molar-refractivity contribution in [3.63, 3.8) is 0 Å². The molecular weight excluding hydrogens is 398 g/mol. The average molecular weight is 418 g/mol. The smallest absolute Gasteiger partial charge is 0.265 e. The van der Waals surface area contributed by atoms with Gasteiger partial charge in [-0.25, -0.2) is 15.0 Å². The van der Waals surface area contributed by atoms with Gasteiger partial charge in [0, 0.05) is 17.3 Å². The lowest BCUT2D eigenvalue weighted by molar-refractivity contribution is 0.591. The normalized spacial score (nSPS) is 11.7. The molecule has 0 aliphatic carbocycles. The van der Waals surface area contributed by atoms with E-state index in [1.54, 1.807) is 4.57 Å². The zero-order valence-corrected chi connectivity index (χ0v) is 17.5. The quantitative estimate of drug-likeness (QED) is 0.410. The van der Waals surface area contributed by atoms with Crippen LogP contribution in [0.4, 0.5) is 0 Å². The third-order valence-corrected chi connectivity index (χ3v) is 5.63. The van der Waals surface area contributed by atoms with Crippen molar-refractivity contribution in [2.75, 3.05) is 0 Å². The summed E-state index contributed by atoms with van der Waals surface area (Å²) in [5.74, 6) is 0.684. The fourth-order valence-corrected chi connectivity index (χ4v) is 3.97. The molecule has 0 amide bonds. The Morgan fingerprint density at radius 1 is 0.933 bits per heavy atom. The lowest BCUT2D eigenvalue weighted by Gasteiger charge is -2.10. The maximum absolute atomic E-state index is 13.5.